The molecule has 0 radical (unpaired) electrons. The number of benzene rings is 3. The van der Waals surface area contributed by atoms with Gasteiger partial charge in [-0.25, -0.2) is 4.79 Å². The Labute approximate surface area is 207 Å². The maximum Gasteiger partial charge on any atom is 0.322 e. The third-order valence-corrected chi connectivity index (χ3v) is 6.31. The van der Waals surface area contributed by atoms with Crippen LogP contribution in [0.5, 0.6) is 11.5 Å². The van der Waals surface area contributed by atoms with Crippen LogP contribution in [-0.2, 0) is 11.3 Å². The molecule has 0 saturated heterocycles. The summed E-state index contributed by atoms with van der Waals surface area (Å²) in [5, 5.41) is 13.3. The number of nitrogens with one attached hydrogen (secondary N) is 1. The molecule has 1 heterocycles. The van der Waals surface area contributed by atoms with Gasteiger partial charge < -0.3 is 15.2 Å². The Hall–Kier alpha value is -3.58. The number of nitrogens with zero attached hydrogens (tertiary/aromatic N) is 1. The van der Waals surface area contributed by atoms with Crippen molar-refractivity contribution in [1.82, 2.24) is 10.2 Å². The van der Waals surface area contributed by atoms with Crippen LogP contribution < -0.4 is 10.1 Å². The molecule has 0 fully saturated rings. The van der Waals surface area contributed by atoms with Crippen molar-refractivity contribution in [3.05, 3.63) is 99.5 Å². The molecule has 1 aliphatic rings. The number of hydrogen-bond acceptors (Lipinski definition) is 4. The van der Waals surface area contributed by atoms with Gasteiger partial charge in [0.25, 0.3) is 0 Å². The molecular weight excluding hydrogens is 496 g/mol. The molecule has 0 spiro atoms. The third kappa shape index (κ3) is 4.70. The number of Topliss-reactive ketones (excluding diaryl/α,β-unsaturated/α-hetero) is 1. The first-order valence-electron chi connectivity index (χ1n) is 11.0. The minimum atomic E-state index is -0.735. The molecule has 1 atom stereocenters. The number of amides is 2. The molecule has 2 amide bonds. The van der Waals surface area contributed by atoms with Crippen LogP contribution in [-0.4, -0.2) is 28.4 Å². The molecule has 0 saturated carbocycles. The fourth-order valence-electron chi connectivity index (χ4n) is 4.14. The summed E-state index contributed by atoms with van der Waals surface area (Å²) in [6, 6.07) is 21.2. The number of hydrogen-bond donors (Lipinski definition) is 2. The molecule has 3 aromatic carbocycles. The Bertz CT molecular complexity index is 1240. The van der Waals surface area contributed by atoms with E-state index in [4.69, 9.17) is 4.74 Å². The quantitative estimate of drug-likeness (QED) is 0.411. The highest BCUT2D eigenvalue weighted by atomic mass is 79.9. The second kappa shape index (κ2) is 10.1. The topological polar surface area (TPSA) is 78.9 Å². The van der Waals surface area contributed by atoms with Gasteiger partial charge in [0.15, 0.2) is 17.3 Å². The number of phenolic OH excluding ortho intramolecular Hbond substituents is 1. The van der Waals surface area contributed by atoms with Crippen LogP contribution in [0.1, 0.15) is 36.6 Å². The number of carbonyl (C=O) groups excluding carboxylic acids is 2. The van der Waals surface area contributed by atoms with Crippen LogP contribution in [0.3, 0.4) is 0 Å². The first kappa shape index (κ1) is 23.6. The number of aromatic hydroxyl groups is 1. The zero-order valence-electron chi connectivity index (χ0n) is 18.9. The van der Waals surface area contributed by atoms with Gasteiger partial charge in [-0.15, -0.1) is 0 Å². The molecular formula is C27H25BrN2O4. The molecule has 6 nitrogen and oxygen atoms in total. The summed E-state index contributed by atoms with van der Waals surface area (Å²) in [5.41, 5.74) is 3.34. The first-order chi connectivity index (χ1) is 16.4. The van der Waals surface area contributed by atoms with Crippen LogP contribution in [0.25, 0.3) is 5.70 Å². The van der Waals surface area contributed by atoms with E-state index >= 15 is 0 Å². The standard InChI is InChI=1S/C27H25BrN2O4/c1-3-34-23-14-20(21(28)15-22(23)32)25-24(17(2)31)26(19-12-8-5-9-13-19)30(27(33)29-25)16-18-10-6-4-7-11-18/h4-15,25,32H,3,16H2,1-2H3,(H,29,33)/t25-/m0/s1. The monoisotopic (exact) mass is 520 g/mol. The number of ether oxygens (including phenoxy) is 1. The van der Waals surface area contributed by atoms with Crippen molar-refractivity contribution < 1.29 is 19.4 Å². The summed E-state index contributed by atoms with van der Waals surface area (Å²) in [6.45, 7) is 3.99. The highest BCUT2D eigenvalue weighted by molar-refractivity contribution is 9.10. The Balaban J connectivity index is 1.93. The van der Waals surface area contributed by atoms with E-state index in [1.807, 2.05) is 67.6 Å². The number of urea groups is 1. The second-order valence-corrected chi connectivity index (χ2v) is 8.77. The van der Waals surface area contributed by atoms with E-state index in [1.165, 1.54) is 13.0 Å². The number of ketones is 1. The van der Waals surface area contributed by atoms with Crippen LogP contribution in [0.15, 0.2) is 82.8 Å². The van der Waals surface area contributed by atoms with E-state index in [2.05, 4.69) is 21.2 Å². The molecule has 2 N–H and O–H groups in total. The molecule has 0 aliphatic carbocycles. The minimum Gasteiger partial charge on any atom is -0.504 e. The molecule has 0 aromatic heterocycles. The summed E-state index contributed by atoms with van der Waals surface area (Å²) in [7, 11) is 0. The number of carbonyl (C=O) groups is 2. The maximum atomic E-state index is 13.5. The van der Waals surface area contributed by atoms with Gasteiger partial charge in [-0.1, -0.05) is 76.6 Å². The largest absolute Gasteiger partial charge is 0.504 e. The lowest BCUT2D eigenvalue weighted by Gasteiger charge is -2.37. The van der Waals surface area contributed by atoms with Crippen molar-refractivity contribution in [3.63, 3.8) is 0 Å². The summed E-state index contributed by atoms with van der Waals surface area (Å²) in [5.74, 6) is 0.0904. The van der Waals surface area contributed by atoms with E-state index in [-0.39, 0.29) is 23.3 Å². The van der Waals surface area contributed by atoms with Crippen LogP contribution in [0, 0.1) is 0 Å². The average molecular weight is 521 g/mol. The Morgan fingerprint density at radius 1 is 1.09 bits per heavy atom. The van der Waals surface area contributed by atoms with E-state index in [0.717, 1.165) is 11.1 Å². The van der Waals surface area contributed by atoms with E-state index in [9.17, 15) is 14.7 Å². The number of halogens is 1. The Morgan fingerprint density at radius 3 is 2.35 bits per heavy atom. The summed E-state index contributed by atoms with van der Waals surface area (Å²) in [4.78, 5) is 28.2. The van der Waals surface area contributed by atoms with Crippen molar-refractivity contribution in [2.24, 2.45) is 0 Å². The lowest BCUT2D eigenvalue weighted by atomic mass is 9.89. The fourth-order valence-corrected chi connectivity index (χ4v) is 4.70. The summed E-state index contributed by atoms with van der Waals surface area (Å²) < 4.78 is 6.12. The zero-order valence-corrected chi connectivity index (χ0v) is 20.5. The molecule has 1 aliphatic heterocycles. The van der Waals surface area contributed by atoms with Crippen molar-refractivity contribution in [2.45, 2.75) is 26.4 Å². The third-order valence-electron chi connectivity index (χ3n) is 5.63. The lowest BCUT2D eigenvalue weighted by molar-refractivity contribution is -0.114. The normalized spacial score (nSPS) is 15.8. The van der Waals surface area contributed by atoms with Gasteiger partial charge in [0.05, 0.1) is 24.9 Å². The lowest BCUT2D eigenvalue weighted by Crippen LogP contribution is -2.47. The molecule has 7 heteroatoms. The Morgan fingerprint density at radius 2 is 1.74 bits per heavy atom. The van der Waals surface area contributed by atoms with Gasteiger partial charge in [-0.3, -0.25) is 9.69 Å². The molecule has 4 rings (SSSR count). The summed E-state index contributed by atoms with van der Waals surface area (Å²) in [6.07, 6.45) is 0. The smallest absolute Gasteiger partial charge is 0.322 e. The number of phenols is 1. The van der Waals surface area contributed by atoms with Crippen LogP contribution in [0.4, 0.5) is 4.79 Å². The van der Waals surface area contributed by atoms with Gasteiger partial charge in [0.2, 0.25) is 0 Å². The molecule has 0 bridgehead atoms. The van der Waals surface area contributed by atoms with Crippen molar-refractivity contribution in [2.75, 3.05) is 6.61 Å². The molecule has 34 heavy (non-hydrogen) atoms. The molecule has 174 valence electrons. The van der Waals surface area contributed by atoms with Gasteiger partial charge in [-0.05, 0) is 42.7 Å². The first-order valence-corrected chi connectivity index (χ1v) is 11.8. The van der Waals surface area contributed by atoms with Crippen molar-refractivity contribution in [3.8, 4) is 11.5 Å². The van der Waals surface area contributed by atoms with Crippen molar-refractivity contribution >= 4 is 33.4 Å². The van der Waals surface area contributed by atoms with Crippen LogP contribution in [0.2, 0.25) is 0 Å². The molecule has 3 aromatic rings. The van der Waals surface area contributed by atoms with E-state index < -0.39 is 6.04 Å². The van der Waals surface area contributed by atoms with Gasteiger partial charge in [0.1, 0.15) is 0 Å². The van der Waals surface area contributed by atoms with Crippen LogP contribution >= 0.6 is 15.9 Å². The Kier molecular flexibility index (Phi) is 7.03. The highest BCUT2D eigenvalue weighted by Crippen LogP contribution is 2.42. The van der Waals surface area contributed by atoms with E-state index in [1.54, 1.807) is 11.0 Å². The van der Waals surface area contributed by atoms with Gasteiger partial charge in [-0.2, -0.15) is 0 Å². The van der Waals surface area contributed by atoms with Gasteiger partial charge in [0, 0.05) is 10.0 Å². The van der Waals surface area contributed by atoms with Gasteiger partial charge >= 0.3 is 6.03 Å². The number of rotatable bonds is 7. The second-order valence-electron chi connectivity index (χ2n) is 7.91. The highest BCUT2D eigenvalue weighted by Gasteiger charge is 2.38. The minimum absolute atomic E-state index is 0.0260. The summed E-state index contributed by atoms with van der Waals surface area (Å²) >= 11 is 3.50. The SMILES string of the molecule is CCOc1cc([C@@H]2NC(=O)N(Cc3ccccc3)C(c3ccccc3)=C2C(C)=O)c(Br)cc1O. The van der Waals surface area contributed by atoms with Crippen molar-refractivity contribution in [1.29, 1.82) is 0 Å². The van der Waals surface area contributed by atoms with E-state index in [0.29, 0.717) is 34.5 Å². The predicted molar refractivity (Wildman–Crippen MR) is 134 cm³/mol. The molecule has 0 unspecified atom stereocenters. The average Bonchev–Trinajstić information content (AvgIpc) is 2.83. The zero-order chi connectivity index (χ0) is 24.2. The fraction of sp³-hybridized carbons (Fsp3) is 0.185. The predicted octanol–water partition coefficient (Wildman–Crippen LogP) is 5.82. The maximum absolute atomic E-state index is 13.5.